The SMILES string of the molecule is COC(=O)[C@@H]1CC2(Br)c3ccccc3N(C(=O)OC(C)(C)C)[C@@H]2N1C(=O)OC(C)(C)C. The number of rotatable bonds is 1. The van der Waals surface area contributed by atoms with E-state index in [4.69, 9.17) is 14.2 Å². The van der Waals surface area contributed by atoms with Crippen LogP contribution in [0, 0.1) is 0 Å². The topological polar surface area (TPSA) is 85.4 Å². The van der Waals surface area contributed by atoms with Gasteiger partial charge in [0.25, 0.3) is 0 Å². The molecule has 31 heavy (non-hydrogen) atoms. The van der Waals surface area contributed by atoms with Crippen LogP contribution in [0.4, 0.5) is 15.3 Å². The van der Waals surface area contributed by atoms with E-state index in [-0.39, 0.29) is 6.42 Å². The minimum Gasteiger partial charge on any atom is -0.467 e. The minimum absolute atomic E-state index is 0.208. The van der Waals surface area contributed by atoms with Crippen molar-refractivity contribution < 1.29 is 28.6 Å². The lowest BCUT2D eigenvalue weighted by atomic mass is 9.96. The molecule has 1 saturated heterocycles. The Morgan fingerprint density at radius 3 is 2.10 bits per heavy atom. The van der Waals surface area contributed by atoms with Gasteiger partial charge >= 0.3 is 18.2 Å². The highest BCUT2D eigenvalue weighted by atomic mass is 79.9. The van der Waals surface area contributed by atoms with Crippen LogP contribution in [-0.4, -0.2) is 53.6 Å². The number of carbonyl (C=O) groups is 3. The predicted molar refractivity (Wildman–Crippen MR) is 118 cm³/mol. The third-order valence-corrected chi connectivity index (χ3v) is 6.18. The second-order valence-corrected chi connectivity index (χ2v) is 11.1. The number of benzene rings is 1. The summed E-state index contributed by atoms with van der Waals surface area (Å²) in [6.07, 6.45) is -2.00. The molecule has 1 aromatic carbocycles. The first-order valence-corrected chi connectivity index (χ1v) is 10.9. The highest BCUT2D eigenvalue weighted by Crippen LogP contribution is 2.58. The number of ether oxygens (including phenoxy) is 3. The van der Waals surface area contributed by atoms with Gasteiger partial charge in [-0.2, -0.15) is 0 Å². The van der Waals surface area contributed by atoms with Gasteiger partial charge < -0.3 is 14.2 Å². The van der Waals surface area contributed by atoms with Crippen molar-refractivity contribution in [1.29, 1.82) is 0 Å². The summed E-state index contributed by atoms with van der Waals surface area (Å²) in [7, 11) is 1.27. The normalized spacial score (nSPS) is 25.0. The standard InChI is InChI=1S/C22H29BrN2O6/c1-20(2,3)30-18(27)24-14-11-9-8-10-13(14)22(23)12-15(16(26)29-7)25(17(22)24)19(28)31-21(4,5)6/h8-11,15,17H,12H2,1-7H3/t15-,17+,22?/m0/s1. The van der Waals surface area contributed by atoms with E-state index in [0.717, 1.165) is 5.56 Å². The molecule has 170 valence electrons. The highest BCUT2D eigenvalue weighted by molar-refractivity contribution is 9.09. The lowest BCUT2D eigenvalue weighted by Gasteiger charge is -2.37. The number of esters is 1. The van der Waals surface area contributed by atoms with Gasteiger partial charge in [0, 0.05) is 6.42 Å². The maximum Gasteiger partial charge on any atom is 0.416 e. The van der Waals surface area contributed by atoms with Crippen LogP contribution >= 0.6 is 15.9 Å². The van der Waals surface area contributed by atoms with Crippen molar-refractivity contribution in [2.75, 3.05) is 12.0 Å². The molecule has 1 fully saturated rings. The van der Waals surface area contributed by atoms with Gasteiger partial charge in [-0.15, -0.1) is 0 Å². The Bertz CT molecular complexity index is 906. The van der Waals surface area contributed by atoms with Gasteiger partial charge in [0.05, 0.1) is 17.1 Å². The number of fused-ring (bicyclic) bond motifs is 3. The Hall–Kier alpha value is -2.29. The molecule has 1 unspecified atom stereocenters. The molecule has 9 heteroatoms. The molecule has 2 heterocycles. The van der Waals surface area contributed by atoms with E-state index in [2.05, 4.69) is 15.9 Å². The van der Waals surface area contributed by atoms with Crippen LogP contribution in [0.3, 0.4) is 0 Å². The molecule has 1 aromatic rings. The maximum atomic E-state index is 13.3. The van der Waals surface area contributed by atoms with E-state index in [1.54, 1.807) is 47.6 Å². The number of alkyl halides is 1. The van der Waals surface area contributed by atoms with Crippen molar-refractivity contribution in [2.24, 2.45) is 0 Å². The summed E-state index contributed by atoms with van der Waals surface area (Å²) in [6, 6.07) is 6.38. The molecule has 2 aliphatic heterocycles. The molecule has 0 bridgehead atoms. The Kier molecular flexibility index (Phi) is 5.80. The van der Waals surface area contributed by atoms with E-state index in [1.165, 1.54) is 16.9 Å². The second kappa shape index (κ2) is 7.69. The smallest absolute Gasteiger partial charge is 0.416 e. The molecule has 8 nitrogen and oxygen atoms in total. The van der Waals surface area contributed by atoms with Gasteiger partial charge in [0.1, 0.15) is 23.4 Å². The zero-order valence-corrected chi connectivity index (χ0v) is 20.5. The summed E-state index contributed by atoms with van der Waals surface area (Å²) in [6.45, 7) is 10.5. The van der Waals surface area contributed by atoms with Crippen molar-refractivity contribution in [3.8, 4) is 0 Å². The number of halogens is 1. The average molecular weight is 497 g/mol. The number of likely N-dealkylation sites (tertiary alicyclic amines) is 1. The van der Waals surface area contributed by atoms with Crippen molar-refractivity contribution in [3.63, 3.8) is 0 Å². The molecular formula is C22H29BrN2O6. The van der Waals surface area contributed by atoms with E-state index in [9.17, 15) is 14.4 Å². The number of nitrogens with zero attached hydrogens (tertiary/aromatic N) is 2. The van der Waals surface area contributed by atoms with Crippen LogP contribution in [-0.2, 0) is 23.3 Å². The minimum atomic E-state index is -0.942. The fraction of sp³-hybridized carbons (Fsp3) is 0.591. The van der Waals surface area contributed by atoms with Gasteiger partial charge in [-0.25, -0.2) is 14.4 Å². The third-order valence-electron chi connectivity index (χ3n) is 5.02. The molecular weight excluding hydrogens is 468 g/mol. The van der Waals surface area contributed by atoms with Crippen LogP contribution in [0.5, 0.6) is 0 Å². The Labute approximate surface area is 190 Å². The van der Waals surface area contributed by atoms with E-state index < -0.39 is 45.9 Å². The van der Waals surface area contributed by atoms with Crippen LogP contribution in [0.15, 0.2) is 24.3 Å². The maximum absolute atomic E-state index is 13.3. The summed E-state index contributed by atoms with van der Waals surface area (Å²) < 4.78 is 15.3. The number of methoxy groups -OCH3 is 1. The van der Waals surface area contributed by atoms with E-state index >= 15 is 0 Å². The van der Waals surface area contributed by atoms with Crippen LogP contribution < -0.4 is 4.90 Å². The molecule has 2 aliphatic rings. The quantitative estimate of drug-likeness (QED) is 0.322. The molecule has 3 atom stereocenters. The average Bonchev–Trinajstić information content (AvgIpc) is 3.05. The van der Waals surface area contributed by atoms with Crippen LogP contribution in [0.1, 0.15) is 53.5 Å². The number of hydrogen-bond acceptors (Lipinski definition) is 6. The predicted octanol–water partition coefficient (Wildman–Crippen LogP) is 4.54. The largest absolute Gasteiger partial charge is 0.467 e. The molecule has 0 saturated carbocycles. The first-order chi connectivity index (χ1) is 14.2. The summed E-state index contributed by atoms with van der Waals surface area (Å²) in [5.41, 5.74) is -0.153. The molecule has 0 radical (unpaired) electrons. The first kappa shape index (κ1) is 23.4. The van der Waals surface area contributed by atoms with Crippen LogP contribution in [0.2, 0.25) is 0 Å². The van der Waals surface area contributed by atoms with Gasteiger partial charge in [-0.05, 0) is 53.2 Å². The number of para-hydroxylation sites is 1. The summed E-state index contributed by atoms with van der Waals surface area (Å²) >= 11 is 3.78. The molecule has 0 aromatic heterocycles. The lowest BCUT2D eigenvalue weighted by molar-refractivity contribution is -0.146. The Balaban J connectivity index is 2.15. The number of anilines is 1. The molecule has 2 amide bonds. The summed E-state index contributed by atoms with van der Waals surface area (Å²) in [5, 5.41) is 0. The van der Waals surface area contributed by atoms with Crippen molar-refractivity contribution in [3.05, 3.63) is 29.8 Å². The summed E-state index contributed by atoms with van der Waals surface area (Å²) in [4.78, 5) is 41.9. The van der Waals surface area contributed by atoms with Crippen molar-refractivity contribution in [2.45, 2.75) is 75.7 Å². The van der Waals surface area contributed by atoms with Gasteiger partial charge in [0.15, 0.2) is 0 Å². The number of carbonyl (C=O) groups excluding carboxylic acids is 3. The molecule has 0 N–H and O–H groups in total. The highest BCUT2D eigenvalue weighted by Gasteiger charge is 2.65. The third kappa shape index (κ3) is 4.24. The lowest BCUT2D eigenvalue weighted by Crippen LogP contribution is -2.57. The monoisotopic (exact) mass is 496 g/mol. The van der Waals surface area contributed by atoms with Crippen molar-refractivity contribution in [1.82, 2.24) is 4.90 Å². The van der Waals surface area contributed by atoms with Crippen LogP contribution in [0.25, 0.3) is 0 Å². The Morgan fingerprint density at radius 1 is 1.00 bits per heavy atom. The number of hydrogen-bond donors (Lipinski definition) is 0. The van der Waals surface area contributed by atoms with Crippen molar-refractivity contribution >= 4 is 39.8 Å². The van der Waals surface area contributed by atoms with Gasteiger partial charge in [0.2, 0.25) is 0 Å². The van der Waals surface area contributed by atoms with Gasteiger partial charge in [-0.3, -0.25) is 9.80 Å². The zero-order valence-electron chi connectivity index (χ0n) is 18.9. The van der Waals surface area contributed by atoms with Gasteiger partial charge in [-0.1, -0.05) is 34.1 Å². The number of amides is 2. The molecule has 0 aliphatic carbocycles. The fourth-order valence-corrected chi connectivity index (χ4v) is 5.07. The van der Waals surface area contributed by atoms with E-state index in [0.29, 0.717) is 5.69 Å². The molecule has 3 rings (SSSR count). The summed E-state index contributed by atoms with van der Waals surface area (Å²) in [5.74, 6) is -0.583. The first-order valence-electron chi connectivity index (χ1n) is 10.1. The zero-order chi connectivity index (χ0) is 23.4. The molecule has 0 spiro atoms. The van der Waals surface area contributed by atoms with E-state index in [1.807, 2.05) is 18.2 Å². The Morgan fingerprint density at radius 2 is 1.55 bits per heavy atom. The second-order valence-electron chi connectivity index (χ2n) is 9.73. The fourth-order valence-electron chi connectivity index (χ4n) is 4.00.